The maximum Gasteiger partial charge on any atom is 0.319 e. The Labute approximate surface area is 147 Å². The van der Waals surface area contributed by atoms with Gasteiger partial charge in [-0.05, 0) is 42.5 Å². The van der Waals surface area contributed by atoms with Gasteiger partial charge in [0, 0.05) is 19.6 Å². The Morgan fingerprint density at radius 1 is 1.08 bits per heavy atom. The van der Waals surface area contributed by atoms with E-state index in [0.717, 1.165) is 36.5 Å². The van der Waals surface area contributed by atoms with Gasteiger partial charge in [0.15, 0.2) is 0 Å². The van der Waals surface area contributed by atoms with E-state index in [1.807, 2.05) is 36.4 Å². The van der Waals surface area contributed by atoms with Crippen LogP contribution < -0.4 is 15.5 Å². The number of nitrogens with zero attached hydrogens (tertiary/aromatic N) is 2. The fraction of sp³-hybridized carbons (Fsp3) is 0.368. The van der Waals surface area contributed by atoms with Crippen molar-refractivity contribution in [2.75, 3.05) is 29.9 Å². The zero-order chi connectivity index (χ0) is 17.5. The molecule has 25 heavy (non-hydrogen) atoms. The minimum Gasteiger partial charge on any atom is -0.392 e. The lowest BCUT2D eigenvalue weighted by Gasteiger charge is -2.16. The number of aliphatic hydroxyl groups is 1. The number of anilines is 2. The first kappa shape index (κ1) is 17.2. The van der Waals surface area contributed by atoms with Gasteiger partial charge in [0.2, 0.25) is 0 Å². The topological polar surface area (TPSA) is 77.5 Å². The number of hydrogen-bond acceptors (Lipinski definition) is 4. The molecule has 3 rings (SSSR count). The van der Waals surface area contributed by atoms with Crippen LogP contribution in [0.1, 0.15) is 24.0 Å². The summed E-state index contributed by atoms with van der Waals surface area (Å²) >= 11 is 0. The van der Waals surface area contributed by atoms with Crippen LogP contribution >= 0.6 is 0 Å². The van der Waals surface area contributed by atoms with E-state index in [1.54, 1.807) is 6.20 Å². The minimum atomic E-state index is -0.234. The van der Waals surface area contributed by atoms with Gasteiger partial charge >= 0.3 is 6.03 Å². The first-order valence-corrected chi connectivity index (χ1v) is 8.69. The number of carbonyl (C=O) groups excluding carboxylic acids is 1. The molecule has 132 valence electrons. The zero-order valence-electron chi connectivity index (χ0n) is 14.2. The Hall–Kier alpha value is -2.60. The van der Waals surface area contributed by atoms with Gasteiger partial charge in [-0.15, -0.1) is 0 Å². The van der Waals surface area contributed by atoms with E-state index in [0.29, 0.717) is 12.2 Å². The summed E-state index contributed by atoms with van der Waals surface area (Å²) in [5.74, 6) is 0.967. The molecule has 0 aliphatic carbocycles. The summed E-state index contributed by atoms with van der Waals surface area (Å²) in [7, 11) is 0. The Morgan fingerprint density at radius 2 is 1.80 bits per heavy atom. The Kier molecular flexibility index (Phi) is 5.85. The summed E-state index contributed by atoms with van der Waals surface area (Å²) in [5, 5.41) is 14.7. The third-order valence-corrected chi connectivity index (χ3v) is 4.34. The molecule has 1 fully saturated rings. The van der Waals surface area contributed by atoms with Crippen LogP contribution in [0.2, 0.25) is 0 Å². The van der Waals surface area contributed by atoms with Crippen LogP contribution in [0.4, 0.5) is 16.3 Å². The molecular formula is C19H24N4O2. The number of amides is 2. The van der Waals surface area contributed by atoms with Crippen molar-refractivity contribution in [3.05, 3.63) is 53.7 Å². The van der Waals surface area contributed by atoms with Crippen LogP contribution in [-0.4, -0.2) is 35.8 Å². The van der Waals surface area contributed by atoms with Gasteiger partial charge in [-0.25, -0.2) is 9.78 Å². The highest BCUT2D eigenvalue weighted by molar-refractivity contribution is 5.89. The largest absolute Gasteiger partial charge is 0.392 e. The van der Waals surface area contributed by atoms with Crippen molar-refractivity contribution < 1.29 is 9.90 Å². The van der Waals surface area contributed by atoms with E-state index in [9.17, 15) is 4.79 Å². The number of pyridine rings is 1. The van der Waals surface area contributed by atoms with Gasteiger partial charge in [0.05, 0.1) is 18.5 Å². The van der Waals surface area contributed by atoms with Gasteiger partial charge in [-0.1, -0.05) is 24.3 Å². The van der Waals surface area contributed by atoms with Crippen molar-refractivity contribution in [1.82, 2.24) is 10.3 Å². The van der Waals surface area contributed by atoms with Gasteiger partial charge in [0.1, 0.15) is 5.82 Å². The highest BCUT2D eigenvalue weighted by atomic mass is 16.3. The van der Waals surface area contributed by atoms with Crippen molar-refractivity contribution in [2.24, 2.45) is 0 Å². The van der Waals surface area contributed by atoms with E-state index in [4.69, 9.17) is 5.11 Å². The lowest BCUT2D eigenvalue weighted by atomic mass is 10.1. The van der Waals surface area contributed by atoms with E-state index >= 15 is 0 Å². The van der Waals surface area contributed by atoms with Gasteiger partial charge < -0.3 is 20.6 Å². The van der Waals surface area contributed by atoms with Crippen LogP contribution in [0, 0.1) is 0 Å². The highest BCUT2D eigenvalue weighted by Crippen LogP contribution is 2.18. The number of hydrogen-bond donors (Lipinski definition) is 3. The molecule has 0 unspecified atom stereocenters. The highest BCUT2D eigenvalue weighted by Gasteiger charge is 2.13. The van der Waals surface area contributed by atoms with E-state index in [2.05, 4.69) is 20.5 Å². The second-order valence-electron chi connectivity index (χ2n) is 6.20. The lowest BCUT2D eigenvalue weighted by Crippen LogP contribution is -2.30. The molecular weight excluding hydrogens is 316 g/mol. The van der Waals surface area contributed by atoms with Crippen molar-refractivity contribution >= 4 is 17.5 Å². The average Bonchev–Trinajstić information content (AvgIpc) is 3.18. The van der Waals surface area contributed by atoms with Crippen LogP contribution in [0.3, 0.4) is 0 Å². The third kappa shape index (κ3) is 4.93. The first-order chi connectivity index (χ1) is 12.2. The monoisotopic (exact) mass is 340 g/mol. The molecule has 2 heterocycles. The van der Waals surface area contributed by atoms with Gasteiger partial charge in [0.25, 0.3) is 0 Å². The molecule has 6 nitrogen and oxygen atoms in total. The molecule has 2 aromatic rings. The van der Waals surface area contributed by atoms with Crippen molar-refractivity contribution in [1.29, 1.82) is 0 Å². The number of aliphatic hydroxyl groups excluding tert-OH is 1. The van der Waals surface area contributed by atoms with Crippen LogP contribution in [0.15, 0.2) is 42.6 Å². The van der Waals surface area contributed by atoms with Crippen LogP contribution in [0.5, 0.6) is 0 Å². The predicted octanol–water partition coefficient (Wildman–Crippen LogP) is 2.54. The molecule has 1 aliphatic heterocycles. The summed E-state index contributed by atoms with van der Waals surface area (Å²) in [6, 6.07) is 11.3. The zero-order valence-corrected chi connectivity index (χ0v) is 14.2. The summed E-state index contributed by atoms with van der Waals surface area (Å²) < 4.78 is 0. The van der Waals surface area contributed by atoms with E-state index in [-0.39, 0.29) is 12.6 Å². The Bertz CT molecular complexity index is 680. The van der Waals surface area contributed by atoms with E-state index < -0.39 is 0 Å². The molecule has 1 aromatic heterocycles. The minimum absolute atomic E-state index is 0.0471. The second-order valence-corrected chi connectivity index (χ2v) is 6.20. The predicted molar refractivity (Wildman–Crippen MR) is 98.8 cm³/mol. The molecule has 0 atom stereocenters. The maximum atomic E-state index is 12.0. The van der Waals surface area contributed by atoms with Crippen LogP contribution in [-0.2, 0) is 13.0 Å². The number of rotatable bonds is 6. The number of urea groups is 1. The fourth-order valence-electron chi connectivity index (χ4n) is 2.90. The maximum absolute atomic E-state index is 12.0. The Balaban J connectivity index is 1.42. The molecule has 0 bridgehead atoms. The molecule has 2 amide bonds. The van der Waals surface area contributed by atoms with Crippen molar-refractivity contribution in [3.8, 4) is 0 Å². The fourth-order valence-corrected chi connectivity index (χ4v) is 2.90. The number of carbonyl (C=O) groups is 1. The third-order valence-electron chi connectivity index (χ3n) is 4.34. The normalized spacial score (nSPS) is 13.7. The van der Waals surface area contributed by atoms with Crippen LogP contribution in [0.25, 0.3) is 0 Å². The smallest absolute Gasteiger partial charge is 0.319 e. The Morgan fingerprint density at radius 3 is 2.44 bits per heavy atom. The van der Waals surface area contributed by atoms with Gasteiger partial charge in [-0.2, -0.15) is 0 Å². The number of benzene rings is 1. The molecule has 1 aromatic carbocycles. The molecule has 0 radical (unpaired) electrons. The van der Waals surface area contributed by atoms with Gasteiger partial charge in [-0.3, -0.25) is 0 Å². The molecule has 1 saturated heterocycles. The molecule has 6 heteroatoms. The average molecular weight is 340 g/mol. The summed E-state index contributed by atoms with van der Waals surface area (Å²) in [5.41, 5.74) is 2.70. The van der Waals surface area contributed by atoms with Crippen molar-refractivity contribution in [2.45, 2.75) is 25.9 Å². The SMILES string of the molecule is O=C(NCCc1ccc(CO)cc1)Nc1ccc(N2CCCC2)nc1. The molecule has 1 aliphatic rings. The summed E-state index contributed by atoms with van der Waals surface area (Å²) in [4.78, 5) is 18.6. The molecule has 0 spiro atoms. The quantitative estimate of drug-likeness (QED) is 0.755. The lowest BCUT2D eigenvalue weighted by molar-refractivity contribution is 0.252. The number of nitrogens with one attached hydrogen (secondary N) is 2. The summed E-state index contributed by atoms with van der Waals surface area (Å²) in [6.45, 7) is 2.70. The first-order valence-electron chi connectivity index (χ1n) is 8.69. The second kappa shape index (κ2) is 8.48. The molecule has 3 N–H and O–H groups in total. The van der Waals surface area contributed by atoms with E-state index in [1.165, 1.54) is 12.8 Å². The molecule has 0 saturated carbocycles. The summed E-state index contributed by atoms with van der Waals surface area (Å²) in [6.07, 6.45) is 4.87. The standard InChI is InChI=1S/C19H24N4O2/c24-14-16-5-3-15(4-6-16)9-10-20-19(25)22-17-7-8-18(21-13-17)23-11-1-2-12-23/h3-8,13,24H,1-2,9-12,14H2,(H2,20,22,25). The number of aromatic nitrogens is 1. The van der Waals surface area contributed by atoms with Crippen molar-refractivity contribution in [3.63, 3.8) is 0 Å².